The molecule has 0 atom stereocenters. The van der Waals surface area contributed by atoms with Gasteiger partial charge in [0, 0.05) is 26.6 Å². The zero-order chi connectivity index (χ0) is 15.0. The molecular formula is C18H12Cl2O. The molecule has 0 unspecified atom stereocenters. The molecule has 0 bridgehead atoms. The first-order chi connectivity index (χ1) is 10.1. The smallest absolute Gasteiger partial charge is 0.193 e. The monoisotopic (exact) mass is 314 g/mol. The van der Waals surface area contributed by atoms with Gasteiger partial charge in [-0.2, -0.15) is 0 Å². The largest absolute Gasteiger partial charge is 0.289 e. The van der Waals surface area contributed by atoms with Crippen LogP contribution in [0, 0.1) is 6.92 Å². The number of halogens is 2. The second-order valence-corrected chi connectivity index (χ2v) is 5.77. The SMILES string of the molecule is Cc1cc(Cl)ccc1C(=O)c1ccc(Cl)c2ccccc12. The Bertz CT molecular complexity index is 853. The van der Waals surface area contributed by atoms with Crippen molar-refractivity contribution in [2.45, 2.75) is 6.92 Å². The van der Waals surface area contributed by atoms with Gasteiger partial charge in [-0.1, -0.05) is 47.5 Å². The van der Waals surface area contributed by atoms with Crippen LogP contribution >= 0.6 is 23.2 Å². The van der Waals surface area contributed by atoms with Crippen molar-refractivity contribution in [2.24, 2.45) is 0 Å². The molecule has 0 aromatic heterocycles. The minimum atomic E-state index is -0.0166. The van der Waals surface area contributed by atoms with Crippen molar-refractivity contribution >= 4 is 39.8 Å². The number of carbonyl (C=O) groups is 1. The molecule has 3 aromatic rings. The third-order valence-electron chi connectivity index (χ3n) is 3.55. The van der Waals surface area contributed by atoms with Crippen LogP contribution in [0.1, 0.15) is 21.5 Å². The second-order valence-electron chi connectivity index (χ2n) is 4.93. The summed E-state index contributed by atoms with van der Waals surface area (Å²) in [4.78, 5) is 12.8. The molecule has 3 heteroatoms. The molecule has 0 saturated heterocycles. The Morgan fingerprint density at radius 2 is 1.52 bits per heavy atom. The highest BCUT2D eigenvalue weighted by molar-refractivity contribution is 6.36. The number of hydrogen-bond acceptors (Lipinski definition) is 1. The Morgan fingerprint density at radius 3 is 2.24 bits per heavy atom. The molecule has 1 nitrogen and oxygen atoms in total. The van der Waals surface area contributed by atoms with E-state index in [-0.39, 0.29) is 5.78 Å². The van der Waals surface area contributed by atoms with Gasteiger partial charge in [-0.3, -0.25) is 4.79 Å². The minimum Gasteiger partial charge on any atom is -0.289 e. The van der Waals surface area contributed by atoms with Gasteiger partial charge in [0.05, 0.1) is 0 Å². The van der Waals surface area contributed by atoms with E-state index in [2.05, 4.69) is 0 Å². The standard InChI is InChI=1S/C18H12Cl2O/c1-11-10-12(19)6-7-13(11)18(21)16-8-9-17(20)15-5-3-2-4-14(15)16/h2-10H,1H3. The van der Waals surface area contributed by atoms with E-state index >= 15 is 0 Å². The van der Waals surface area contributed by atoms with Gasteiger partial charge in [-0.25, -0.2) is 0 Å². The molecule has 0 aliphatic heterocycles. The van der Waals surface area contributed by atoms with Crippen LogP contribution in [0.2, 0.25) is 10.0 Å². The fourth-order valence-corrected chi connectivity index (χ4v) is 2.94. The lowest BCUT2D eigenvalue weighted by atomic mass is 9.95. The molecule has 21 heavy (non-hydrogen) atoms. The molecule has 0 amide bonds. The number of ketones is 1. The van der Waals surface area contributed by atoms with Crippen LogP contribution in [-0.2, 0) is 0 Å². The molecule has 0 aliphatic carbocycles. The van der Waals surface area contributed by atoms with Crippen molar-refractivity contribution in [3.05, 3.63) is 81.3 Å². The lowest BCUT2D eigenvalue weighted by Crippen LogP contribution is -2.04. The van der Waals surface area contributed by atoms with E-state index < -0.39 is 0 Å². The maximum atomic E-state index is 12.8. The van der Waals surface area contributed by atoms with E-state index in [4.69, 9.17) is 23.2 Å². The summed E-state index contributed by atoms with van der Waals surface area (Å²) < 4.78 is 0. The maximum Gasteiger partial charge on any atom is 0.193 e. The summed E-state index contributed by atoms with van der Waals surface area (Å²) in [5.41, 5.74) is 2.18. The molecular weight excluding hydrogens is 303 g/mol. The molecule has 0 saturated carbocycles. The first-order valence-electron chi connectivity index (χ1n) is 6.56. The number of benzene rings is 3. The van der Waals surface area contributed by atoms with Gasteiger partial charge in [-0.15, -0.1) is 0 Å². The summed E-state index contributed by atoms with van der Waals surface area (Å²) in [7, 11) is 0. The molecule has 0 heterocycles. The molecule has 0 aliphatic rings. The second kappa shape index (κ2) is 5.51. The van der Waals surface area contributed by atoms with Crippen molar-refractivity contribution in [2.75, 3.05) is 0 Å². The van der Waals surface area contributed by atoms with Gasteiger partial charge in [-0.05, 0) is 48.2 Å². The lowest BCUT2D eigenvalue weighted by molar-refractivity contribution is 0.104. The highest BCUT2D eigenvalue weighted by Gasteiger charge is 2.15. The maximum absolute atomic E-state index is 12.8. The van der Waals surface area contributed by atoms with Crippen LogP contribution < -0.4 is 0 Å². The van der Waals surface area contributed by atoms with Gasteiger partial charge in [0.1, 0.15) is 0 Å². The van der Waals surface area contributed by atoms with Crippen molar-refractivity contribution in [3.63, 3.8) is 0 Å². The van der Waals surface area contributed by atoms with E-state index in [1.54, 1.807) is 30.3 Å². The molecule has 104 valence electrons. The number of hydrogen-bond donors (Lipinski definition) is 0. The summed E-state index contributed by atoms with van der Waals surface area (Å²) in [5, 5.41) is 3.03. The number of rotatable bonds is 2. The first kappa shape index (κ1) is 14.1. The van der Waals surface area contributed by atoms with E-state index in [9.17, 15) is 4.79 Å². The van der Waals surface area contributed by atoms with Crippen LogP contribution in [0.5, 0.6) is 0 Å². The summed E-state index contributed by atoms with van der Waals surface area (Å²) in [6, 6.07) is 16.5. The van der Waals surface area contributed by atoms with E-state index in [1.165, 1.54) is 0 Å². The fraction of sp³-hybridized carbons (Fsp3) is 0.0556. The third kappa shape index (κ3) is 2.55. The van der Waals surface area contributed by atoms with Crippen molar-refractivity contribution in [1.29, 1.82) is 0 Å². The highest BCUT2D eigenvalue weighted by atomic mass is 35.5. The topological polar surface area (TPSA) is 17.1 Å². The summed E-state index contributed by atoms with van der Waals surface area (Å²) in [6.07, 6.45) is 0. The van der Waals surface area contributed by atoms with Gasteiger partial charge in [0.2, 0.25) is 0 Å². The predicted molar refractivity (Wildman–Crippen MR) is 88.6 cm³/mol. The normalized spacial score (nSPS) is 10.8. The molecule has 0 radical (unpaired) electrons. The Hall–Kier alpha value is -1.83. The minimum absolute atomic E-state index is 0.0166. The Morgan fingerprint density at radius 1 is 0.857 bits per heavy atom. The zero-order valence-corrected chi connectivity index (χ0v) is 12.9. The summed E-state index contributed by atoms with van der Waals surface area (Å²) in [5.74, 6) is -0.0166. The van der Waals surface area contributed by atoms with E-state index in [0.717, 1.165) is 16.3 Å². The van der Waals surface area contributed by atoms with E-state index in [0.29, 0.717) is 21.2 Å². The summed E-state index contributed by atoms with van der Waals surface area (Å²) in [6.45, 7) is 1.89. The van der Waals surface area contributed by atoms with E-state index in [1.807, 2.05) is 31.2 Å². The van der Waals surface area contributed by atoms with Crippen molar-refractivity contribution in [1.82, 2.24) is 0 Å². The molecule has 3 aromatic carbocycles. The van der Waals surface area contributed by atoms with Crippen LogP contribution in [0.3, 0.4) is 0 Å². The number of fused-ring (bicyclic) bond motifs is 1. The first-order valence-corrected chi connectivity index (χ1v) is 7.31. The molecule has 0 fully saturated rings. The summed E-state index contributed by atoms with van der Waals surface area (Å²) >= 11 is 12.2. The van der Waals surface area contributed by atoms with Crippen LogP contribution in [0.4, 0.5) is 0 Å². The Kier molecular flexibility index (Phi) is 3.71. The molecule has 3 rings (SSSR count). The zero-order valence-electron chi connectivity index (χ0n) is 11.4. The molecule has 0 N–H and O–H groups in total. The highest BCUT2D eigenvalue weighted by Crippen LogP contribution is 2.29. The number of carbonyl (C=O) groups excluding carboxylic acids is 1. The lowest BCUT2D eigenvalue weighted by Gasteiger charge is -2.09. The van der Waals surface area contributed by atoms with Crippen LogP contribution in [0.25, 0.3) is 10.8 Å². The van der Waals surface area contributed by atoms with Crippen molar-refractivity contribution in [3.8, 4) is 0 Å². The van der Waals surface area contributed by atoms with Gasteiger partial charge >= 0.3 is 0 Å². The fourth-order valence-electron chi connectivity index (χ4n) is 2.49. The quantitative estimate of drug-likeness (QED) is 0.556. The number of aryl methyl sites for hydroxylation is 1. The average Bonchev–Trinajstić information content (AvgIpc) is 2.47. The van der Waals surface area contributed by atoms with Crippen molar-refractivity contribution < 1.29 is 4.79 Å². The predicted octanol–water partition coefficient (Wildman–Crippen LogP) is 5.69. The molecule has 0 spiro atoms. The Labute approximate surface area is 133 Å². The van der Waals surface area contributed by atoms with Gasteiger partial charge in [0.25, 0.3) is 0 Å². The van der Waals surface area contributed by atoms with Crippen LogP contribution in [0.15, 0.2) is 54.6 Å². The average molecular weight is 315 g/mol. The van der Waals surface area contributed by atoms with Gasteiger partial charge < -0.3 is 0 Å². The van der Waals surface area contributed by atoms with Crippen LogP contribution in [-0.4, -0.2) is 5.78 Å². The Balaban J connectivity index is 2.21. The third-order valence-corrected chi connectivity index (χ3v) is 4.11. The van der Waals surface area contributed by atoms with Gasteiger partial charge in [0.15, 0.2) is 5.78 Å².